The van der Waals surface area contributed by atoms with Gasteiger partial charge < -0.3 is 5.73 Å². The first-order chi connectivity index (χ1) is 9.64. The van der Waals surface area contributed by atoms with E-state index in [1.54, 1.807) is 0 Å². The fourth-order valence-electron chi connectivity index (χ4n) is 1.79. The molecule has 0 aliphatic rings. The Morgan fingerprint density at radius 2 is 1.43 bits per heavy atom. The minimum Gasteiger partial charge on any atom is -0.398 e. The van der Waals surface area contributed by atoms with Crippen molar-refractivity contribution >= 4 is 41.5 Å². The number of hydrogen-bond acceptors (Lipinski definition) is 5. The molecule has 112 valence electrons. The van der Waals surface area contributed by atoms with Crippen LogP contribution in [0.1, 0.15) is 0 Å². The van der Waals surface area contributed by atoms with Crippen molar-refractivity contribution in [3.05, 3.63) is 46.9 Å². The summed E-state index contributed by atoms with van der Waals surface area (Å²) < 4.78 is 48.9. The quantitative estimate of drug-likeness (QED) is 0.769. The molecule has 0 heterocycles. The average molecular weight is 391 g/mol. The normalized spacial score (nSPS) is 12.3. The van der Waals surface area contributed by atoms with Crippen molar-refractivity contribution in [2.75, 3.05) is 5.73 Å². The van der Waals surface area contributed by atoms with Crippen molar-refractivity contribution in [2.45, 2.75) is 14.7 Å². The molecule has 0 spiro atoms. The highest BCUT2D eigenvalue weighted by Crippen LogP contribution is 2.31. The largest absolute Gasteiger partial charge is 0.398 e. The molecule has 0 bridgehead atoms. The van der Waals surface area contributed by atoms with E-state index in [2.05, 4.69) is 15.9 Å². The lowest BCUT2D eigenvalue weighted by molar-refractivity contribution is 0.583. The average Bonchev–Trinajstić information content (AvgIpc) is 2.37. The summed E-state index contributed by atoms with van der Waals surface area (Å²) in [6, 6.07) is 9.35. The molecule has 2 aromatic carbocycles. The highest BCUT2D eigenvalue weighted by atomic mass is 79.9. The van der Waals surface area contributed by atoms with Crippen molar-refractivity contribution in [3.63, 3.8) is 0 Å². The van der Waals surface area contributed by atoms with Crippen LogP contribution in [0.25, 0.3) is 0 Å². The number of nitrogens with two attached hydrogens (primary N) is 2. The Balaban J connectivity index is 2.77. The van der Waals surface area contributed by atoms with E-state index < -0.39 is 29.7 Å². The van der Waals surface area contributed by atoms with Crippen LogP contribution >= 0.6 is 15.9 Å². The second-order valence-electron chi connectivity index (χ2n) is 4.18. The summed E-state index contributed by atoms with van der Waals surface area (Å²) in [4.78, 5) is -1.05. The fourth-order valence-corrected chi connectivity index (χ4v) is 4.91. The van der Waals surface area contributed by atoms with Crippen molar-refractivity contribution in [2.24, 2.45) is 5.14 Å². The zero-order valence-corrected chi connectivity index (χ0v) is 13.7. The van der Waals surface area contributed by atoms with Gasteiger partial charge in [0.2, 0.25) is 19.9 Å². The molecule has 9 heteroatoms. The summed E-state index contributed by atoms with van der Waals surface area (Å²) in [7, 11) is -8.28. The van der Waals surface area contributed by atoms with Crippen LogP contribution in [0.4, 0.5) is 5.69 Å². The summed E-state index contributed by atoms with van der Waals surface area (Å²) in [6.45, 7) is 0. The molecule has 6 nitrogen and oxygen atoms in total. The molecular weight excluding hydrogens is 380 g/mol. The van der Waals surface area contributed by atoms with E-state index in [1.165, 1.54) is 36.4 Å². The maximum Gasteiger partial charge on any atom is 0.239 e. The second-order valence-corrected chi connectivity index (χ2v) is 8.51. The molecule has 0 saturated carbocycles. The molecule has 0 radical (unpaired) electrons. The molecule has 0 fully saturated rings. The first-order valence-corrected chi connectivity index (χ1v) is 9.38. The maximum absolute atomic E-state index is 12.6. The lowest BCUT2D eigenvalue weighted by Gasteiger charge is -2.11. The molecule has 4 N–H and O–H groups in total. The van der Waals surface area contributed by atoms with Gasteiger partial charge in [0.25, 0.3) is 0 Å². The van der Waals surface area contributed by atoms with Gasteiger partial charge in [-0.1, -0.05) is 28.1 Å². The van der Waals surface area contributed by atoms with Gasteiger partial charge in [0.1, 0.15) is 4.90 Å². The summed E-state index contributed by atoms with van der Waals surface area (Å²) >= 11 is 3.17. The van der Waals surface area contributed by atoms with Gasteiger partial charge in [-0.25, -0.2) is 22.0 Å². The molecule has 0 amide bonds. The number of sulfone groups is 1. The van der Waals surface area contributed by atoms with E-state index in [1.807, 2.05) is 0 Å². The van der Waals surface area contributed by atoms with Gasteiger partial charge in [0.15, 0.2) is 0 Å². The van der Waals surface area contributed by atoms with Crippen molar-refractivity contribution in [1.29, 1.82) is 0 Å². The smallest absolute Gasteiger partial charge is 0.239 e. The number of rotatable bonds is 3. The van der Waals surface area contributed by atoms with Crippen molar-refractivity contribution in [3.8, 4) is 0 Å². The summed E-state index contributed by atoms with van der Waals surface area (Å²) in [5.41, 5.74) is 5.72. The minimum absolute atomic E-state index is 0.00796. The number of hydrogen-bond donors (Lipinski definition) is 2. The molecule has 0 aromatic heterocycles. The highest BCUT2D eigenvalue weighted by Gasteiger charge is 2.27. The molecule has 2 rings (SSSR count). The maximum atomic E-state index is 12.6. The molecule has 0 aliphatic heterocycles. The van der Waals surface area contributed by atoms with Gasteiger partial charge in [-0.15, -0.1) is 0 Å². The standard InChI is InChI=1S/C12H11BrN2O4S2/c13-8-5-6-10(9(14)7-8)20(16,17)11-3-1-2-4-12(11)21(15,18)19/h1-7H,14H2,(H2,15,18,19). The van der Waals surface area contributed by atoms with Crippen LogP contribution in [0.3, 0.4) is 0 Å². The zero-order chi connectivity index (χ0) is 15.8. The van der Waals surface area contributed by atoms with Crippen LogP contribution in [0.15, 0.2) is 61.6 Å². The molecule has 0 aliphatic carbocycles. The van der Waals surface area contributed by atoms with E-state index >= 15 is 0 Å². The number of benzene rings is 2. The third-order valence-electron chi connectivity index (χ3n) is 2.71. The lowest BCUT2D eigenvalue weighted by Crippen LogP contribution is -2.17. The Labute approximate surface area is 130 Å². The van der Waals surface area contributed by atoms with Gasteiger partial charge in [0.05, 0.1) is 15.5 Å². The first-order valence-electron chi connectivity index (χ1n) is 5.56. The summed E-state index contributed by atoms with van der Waals surface area (Å²) in [5, 5.41) is 5.06. The van der Waals surface area contributed by atoms with Gasteiger partial charge in [-0.05, 0) is 30.3 Å². The molecular formula is C12H11BrN2O4S2. The van der Waals surface area contributed by atoms with Crippen LogP contribution in [0.2, 0.25) is 0 Å². The van der Waals surface area contributed by atoms with Gasteiger partial charge in [-0.2, -0.15) is 0 Å². The Morgan fingerprint density at radius 3 is 1.95 bits per heavy atom. The van der Waals surface area contributed by atoms with Gasteiger partial charge >= 0.3 is 0 Å². The number of anilines is 1. The highest BCUT2D eigenvalue weighted by molar-refractivity contribution is 9.10. The topological polar surface area (TPSA) is 120 Å². The van der Waals surface area contributed by atoms with Crippen LogP contribution in [-0.2, 0) is 19.9 Å². The Bertz CT molecular complexity index is 909. The second kappa shape index (κ2) is 5.41. The number of nitrogen functional groups attached to an aromatic ring is 1. The molecule has 2 aromatic rings. The molecule has 21 heavy (non-hydrogen) atoms. The number of primary sulfonamides is 1. The zero-order valence-electron chi connectivity index (χ0n) is 10.5. The van der Waals surface area contributed by atoms with Crippen LogP contribution in [-0.4, -0.2) is 16.8 Å². The lowest BCUT2D eigenvalue weighted by atomic mass is 10.3. The summed E-state index contributed by atoms with van der Waals surface area (Å²) in [5.74, 6) is 0. The van der Waals surface area contributed by atoms with Gasteiger partial charge in [0, 0.05) is 4.47 Å². The van der Waals surface area contributed by atoms with E-state index in [9.17, 15) is 16.8 Å². The molecule has 0 atom stereocenters. The Hall–Kier alpha value is -1.42. The predicted molar refractivity (Wildman–Crippen MR) is 81.8 cm³/mol. The van der Waals surface area contributed by atoms with Crippen molar-refractivity contribution < 1.29 is 16.8 Å². The predicted octanol–water partition coefficient (Wildman–Crippen LogP) is 1.51. The molecule has 0 unspecified atom stereocenters. The number of sulfonamides is 1. The SMILES string of the molecule is Nc1cc(Br)ccc1S(=O)(=O)c1ccccc1S(N)(=O)=O. The third kappa shape index (κ3) is 3.10. The number of halogens is 1. The van der Waals surface area contributed by atoms with Gasteiger partial charge in [-0.3, -0.25) is 0 Å². The van der Waals surface area contributed by atoms with Crippen LogP contribution in [0.5, 0.6) is 0 Å². The van der Waals surface area contributed by atoms with E-state index in [-0.39, 0.29) is 10.6 Å². The van der Waals surface area contributed by atoms with Crippen LogP contribution in [0, 0.1) is 0 Å². The minimum atomic E-state index is -4.17. The van der Waals surface area contributed by atoms with E-state index in [0.29, 0.717) is 4.47 Å². The third-order valence-corrected chi connectivity index (χ3v) is 6.18. The molecule has 0 saturated heterocycles. The monoisotopic (exact) mass is 390 g/mol. The fraction of sp³-hybridized carbons (Fsp3) is 0. The van der Waals surface area contributed by atoms with Crippen molar-refractivity contribution in [1.82, 2.24) is 0 Å². The first kappa shape index (κ1) is 16.0. The summed E-state index contributed by atoms with van der Waals surface area (Å²) in [6.07, 6.45) is 0. The Morgan fingerprint density at radius 1 is 0.857 bits per heavy atom. The van der Waals surface area contributed by atoms with E-state index in [4.69, 9.17) is 10.9 Å². The van der Waals surface area contributed by atoms with E-state index in [0.717, 1.165) is 6.07 Å². The van der Waals surface area contributed by atoms with Crippen LogP contribution < -0.4 is 10.9 Å². The Kier molecular flexibility index (Phi) is 4.11.